The second-order valence-corrected chi connectivity index (χ2v) is 3.67. The summed E-state index contributed by atoms with van der Waals surface area (Å²) in [7, 11) is 0. The minimum Gasteiger partial charge on any atom is -0.513 e. The lowest BCUT2D eigenvalue weighted by Gasteiger charge is -2.02. The minimum absolute atomic E-state index is 0.0288. The van der Waals surface area contributed by atoms with Crippen molar-refractivity contribution in [2.45, 2.75) is 6.42 Å². The van der Waals surface area contributed by atoms with E-state index in [4.69, 9.17) is 5.11 Å². The summed E-state index contributed by atoms with van der Waals surface area (Å²) in [4.78, 5) is 7.69. The lowest BCUT2D eigenvalue weighted by atomic mass is 10.1. The van der Waals surface area contributed by atoms with E-state index in [0.29, 0.717) is 23.2 Å². The predicted octanol–water partition coefficient (Wildman–Crippen LogP) is 3.19. The molecule has 0 atom stereocenters. The van der Waals surface area contributed by atoms with Gasteiger partial charge in [-0.05, 0) is 5.56 Å². The van der Waals surface area contributed by atoms with Crippen LogP contribution in [0.2, 0.25) is 0 Å². The molecule has 0 radical (unpaired) electrons. The summed E-state index contributed by atoms with van der Waals surface area (Å²) in [6.45, 7) is 0. The smallest absolute Gasteiger partial charge is 0.159 e. The number of hydrogen-bond donors (Lipinski definition) is 1. The van der Waals surface area contributed by atoms with Crippen molar-refractivity contribution in [1.82, 2.24) is 9.97 Å². The number of hydrogen-bond acceptors (Lipinski definition) is 3. The van der Waals surface area contributed by atoms with Crippen LogP contribution in [0.1, 0.15) is 5.56 Å². The van der Waals surface area contributed by atoms with E-state index in [-0.39, 0.29) is 6.42 Å². The van der Waals surface area contributed by atoms with Crippen LogP contribution in [0.3, 0.4) is 0 Å². The maximum atomic E-state index is 12.8. The Hall–Kier alpha value is -2.30. The Balaban J connectivity index is 2.19. The van der Waals surface area contributed by atoms with Gasteiger partial charge in [0.15, 0.2) is 11.6 Å². The van der Waals surface area contributed by atoms with E-state index in [9.17, 15) is 8.78 Å². The second kappa shape index (κ2) is 5.35. The molecule has 2 rings (SSSR count). The van der Waals surface area contributed by atoms with Crippen molar-refractivity contribution < 1.29 is 13.9 Å². The number of benzene rings is 1. The van der Waals surface area contributed by atoms with Gasteiger partial charge < -0.3 is 5.11 Å². The first-order valence-corrected chi connectivity index (χ1v) is 5.24. The molecule has 0 amide bonds. The molecule has 18 heavy (non-hydrogen) atoms. The van der Waals surface area contributed by atoms with Gasteiger partial charge in [-0.15, -0.1) is 0 Å². The monoisotopic (exact) mass is 248 g/mol. The Morgan fingerprint density at radius 3 is 2.33 bits per heavy atom. The molecule has 0 aliphatic rings. The normalized spacial score (nSPS) is 11.6. The lowest BCUT2D eigenvalue weighted by molar-refractivity contribution is 0.435. The number of aromatic nitrogens is 2. The third kappa shape index (κ3) is 2.88. The van der Waals surface area contributed by atoms with Crippen molar-refractivity contribution in [2.75, 3.05) is 0 Å². The summed E-state index contributed by atoms with van der Waals surface area (Å²) in [5, 5.41) is 8.46. The summed E-state index contributed by atoms with van der Waals surface area (Å²) < 4.78 is 25.5. The van der Waals surface area contributed by atoms with Crippen LogP contribution in [0.25, 0.3) is 11.4 Å². The molecule has 92 valence electrons. The van der Waals surface area contributed by atoms with Gasteiger partial charge in [-0.2, -0.15) is 0 Å². The number of nitrogens with zero attached hydrogens (tertiary/aromatic N) is 2. The lowest BCUT2D eigenvalue weighted by Crippen LogP contribution is -1.91. The second-order valence-electron chi connectivity index (χ2n) is 3.67. The topological polar surface area (TPSA) is 46.0 Å². The number of aliphatic hydroxyl groups excluding tert-OH is 1. The largest absolute Gasteiger partial charge is 0.513 e. The van der Waals surface area contributed by atoms with Crippen LogP contribution >= 0.6 is 0 Å². The first-order chi connectivity index (χ1) is 8.69. The minimum atomic E-state index is -0.610. The van der Waals surface area contributed by atoms with Crippen molar-refractivity contribution in [3.63, 3.8) is 0 Å². The fourth-order valence-corrected chi connectivity index (χ4v) is 1.47. The van der Waals surface area contributed by atoms with Crippen LogP contribution in [-0.4, -0.2) is 15.1 Å². The van der Waals surface area contributed by atoms with E-state index < -0.39 is 11.6 Å². The molecular weight excluding hydrogens is 238 g/mol. The molecule has 1 aromatic heterocycles. The predicted molar refractivity (Wildman–Crippen MR) is 62.9 cm³/mol. The van der Waals surface area contributed by atoms with Crippen molar-refractivity contribution in [1.29, 1.82) is 0 Å². The number of rotatable bonds is 3. The zero-order chi connectivity index (χ0) is 13.0. The summed E-state index contributed by atoms with van der Waals surface area (Å²) in [5.41, 5.74) is 1.43. The van der Waals surface area contributed by atoms with Gasteiger partial charge in [0, 0.05) is 12.0 Å². The van der Waals surface area contributed by atoms with E-state index in [1.54, 1.807) is 24.3 Å². The highest BCUT2D eigenvalue weighted by atomic mass is 19.1. The Morgan fingerprint density at radius 2 is 1.78 bits per heavy atom. The molecule has 2 aromatic rings. The molecule has 1 heterocycles. The van der Waals surface area contributed by atoms with Crippen LogP contribution in [-0.2, 0) is 6.42 Å². The van der Waals surface area contributed by atoms with Crippen LogP contribution in [0, 0.1) is 5.82 Å². The highest BCUT2D eigenvalue weighted by molar-refractivity contribution is 5.54. The average molecular weight is 248 g/mol. The Morgan fingerprint density at radius 1 is 1.17 bits per heavy atom. The van der Waals surface area contributed by atoms with Crippen molar-refractivity contribution in [3.8, 4) is 11.4 Å². The summed E-state index contributed by atoms with van der Waals surface area (Å²) in [6, 6.07) is 6.83. The molecule has 0 unspecified atom stereocenters. The van der Waals surface area contributed by atoms with Gasteiger partial charge in [0.25, 0.3) is 0 Å². The van der Waals surface area contributed by atoms with Gasteiger partial charge >= 0.3 is 0 Å². The van der Waals surface area contributed by atoms with Gasteiger partial charge in [-0.3, -0.25) is 0 Å². The Bertz CT molecular complexity index is 550. The van der Waals surface area contributed by atoms with Crippen LogP contribution in [0.4, 0.5) is 8.78 Å². The van der Waals surface area contributed by atoms with Crippen LogP contribution in [0.15, 0.2) is 48.7 Å². The van der Waals surface area contributed by atoms with E-state index in [1.165, 1.54) is 0 Å². The average Bonchev–Trinajstić information content (AvgIpc) is 2.40. The molecule has 0 aliphatic carbocycles. The standard InChI is InChI=1S/C13H10F2N2O/c14-11(8-18)5-9-1-3-10(4-2-9)13-16-6-12(15)7-17-13/h1-4,6-8,18H,5H2/b11-8-. The highest BCUT2D eigenvalue weighted by Crippen LogP contribution is 2.17. The molecule has 0 bridgehead atoms. The molecule has 1 N–H and O–H groups in total. The summed E-state index contributed by atoms with van der Waals surface area (Å²) in [6.07, 6.45) is 2.65. The van der Waals surface area contributed by atoms with E-state index in [1.807, 2.05) is 0 Å². The van der Waals surface area contributed by atoms with E-state index in [2.05, 4.69) is 9.97 Å². The van der Waals surface area contributed by atoms with Crippen molar-refractivity contribution in [3.05, 3.63) is 60.1 Å². The fraction of sp³-hybridized carbons (Fsp3) is 0.0769. The molecule has 0 saturated carbocycles. The zero-order valence-electron chi connectivity index (χ0n) is 9.35. The molecule has 0 saturated heterocycles. The van der Waals surface area contributed by atoms with Gasteiger partial charge in [0.05, 0.1) is 12.4 Å². The third-order valence-corrected chi connectivity index (χ3v) is 2.35. The Labute approximate surface area is 102 Å². The number of allylic oxidation sites excluding steroid dienone is 1. The molecule has 0 fully saturated rings. The Kier molecular flexibility index (Phi) is 3.62. The third-order valence-electron chi connectivity index (χ3n) is 2.35. The van der Waals surface area contributed by atoms with Crippen LogP contribution < -0.4 is 0 Å². The molecule has 0 aliphatic heterocycles. The molecule has 3 nitrogen and oxygen atoms in total. The van der Waals surface area contributed by atoms with Gasteiger partial charge in [0.2, 0.25) is 0 Å². The maximum Gasteiger partial charge on any atom is 0.159 e. The van der Waals surface area contributed by atoms with Gasteiger partial charge in [-0.25, -0.2) is 18.7 Å². The van der Waals surface area contributed by atoms with Gasteiger partial charge in [-0.1, -0.05) is 24.3 Å². The summed E-state index contributed by atoms with van der Waals surface area (Å²) >= 11 is 0. The number of halogens is 2. The van der Waals surface area contributed by atoms with Crippen LogP contribution in [0.5, 0.6) is 0 Å². The molecule has 1 aromatic carbocycles. The number of aliphatic hydroxyl groups is 1. The zero-order valence-corrected chi connectivity index (χ0v) is 9.35. The van der Waals surface area contributed by atoms with Gasteiger partial charge in [0.1, 0.15) is 12.1 Å². The highest BCUT2D eigenvalue weighted by Gasteiger charge is 2.03. The molecule has 5 heteroatoms. The molecular formula is C13H10F2N2O. The first-order valence-electron chi connectivity index (χ1n) is 5.24. The first kappa shape index (κ1) is 12.2. The van der Waals surface area contributed by atoms with Crippen molar-refractivity contribution in [2.24, 2.45) is 0 Å². The molecule has 0 spiro atoms. The SMILES string of the molecule is O/C=C(\F)Cc1ccc(-c2ncc(F)cn2)cc1. The quantitative estimate of drug-likeness (QED) is 0.848. The van der Waals surface area contributed by atoms with Crippen molar-refractivity contribution >= 4 is 0 Å². The van der Waals surface area contributed by atoms with E-state index >= 15 is 0 Å². The summed E-state index contributed by atoms with van der Waals surface area (Å²) in [5.74, 6) is -0.701. The van der Waals surface area contributed by atoms with E-state index in [0.717, 1.165) is 12.4 Å². The maximum absolute atomic E-state index is 12.8. The fourth-order valence-electron chi connectivity index (χ4n) is 1.47.